The average molecular weight is 399 g/mol. The number of benzene rings is 1. The summed E-state index contributed by atoms with van der Waals surface area (Å²) in [6.45, 7) is 3.01. The van der Waals surface area contributed by atoms with Crippen LogP contribution in [-0.2, 0) is 0 Å². The van der Waals surface area contributed by atoms with Crippen LogP contribution in [0.15, 0.2) is 24.3 Å². The predicted molar refractivity (Wildman–Crippen MR) is 110 cm³/mol. The Morgan fingerprint density at radius 2 is 1.46 bits per heavy atom. The van der Waals surface area contributed by atoms with E-state index in [1.165, 1.54) is 44.1 Å². The number of rotatable bonds is 12. The van der Waals surface area contributed by atoms with Gasteiger partial charge in [-0.3, -0.25) is 0 Å². The van der Waals surface area contributed by atoms with Crippen molar-refractivity contribution in [2.24, 2.45) is 5.92 Å². The van der Waals surface area contributed by atoms with Crippen LogP contribution < -0.4 is 4.74 Å². The molecule has 0 saturated heterocycles. The highest BCUT2D eigenvalue weighted by Gasteiger charge is 2.30. The minimum absolute atomic E-state index is 0.238. The fraction of sp³-hybridized carbons (Fsp3) is 0.750. The van der Waals surface area contributed by atoms with Gasteiger partial charge in [0, 0.05) is 6.42 Å². The van der Waals surface area contributed by atoms with Gasteiger partial charge in [0.05, 0.1) is 6.61 Å². The van der Waals surface area contributed by atoms with E-state index < -0.39 is 12.6 Å². The van der Waals surface area contributed by atoms with E-state index >= 15 is 0 Å². The molecule has 0 bridgehead atoms. The van der Waals surface area contributed by atoms with Crippen molar-refractivity contribution in [2.45, 2.75) is 102 Å². The lowest BCUT2D eigenvalue weighted by Crippen LogP contribution is -2.16. The first-order valence-corrected chi connectivity index (χ1v) is 11.3. The number of ether oxygens (including phenoxy) is 1. The smallest absolute Gasteiger partial charge is 0.389 e. The van der Waals surface area contributed by atoms with E-state index in [1.54, 1.807) is 0 Å². The first kappa shape index (κ1) is 23.1. The van der Waals surface area contributed by atoms with Crippen molar-refractivity contribution in [1.82, 2.24) is 0 Å². The molecule has 0 aromatic heterocycles. The Hall–Kier alpha value is -1.19. The molecule has 0 aliphatic heterocycles. The topological polar surface area (TPSA) is 9.23 Å². The fourth-order valence-corrected chi connectivity index (χ4v) is 4.24. The Bertz CT molecular complexity index is 516. The molecule has 1 aromatic carbocycles. The molecule has 2 rings (SSSR count). The lowest BCUT2D eigenvalue weighted by molar-refractivity contribution is -0.138. The second-order valence-corrected chi connectivity index (χ2v) is 8.41. The van der Waals surface area contributed by atoms with Crippen molar-refractivity contribution in [3.63, 3.8) is 0 Å². The normalized spacial score (nSPS) is 20.3. The van der Waals surface area contributed by atoms with Gasteiger partial charge >= 0.3 is 6.18 Å². The van der Waals surface area contributed by atoms with Crippen LogP contribution in [0.1, 0.15) is 102 Å². The van der Waals surface area contributed by atoms with Crippen LogP contribution in [0.5, 0.6) is 5.75 Å². The van der Waals surface area contributed by atoms with E-state index in [-0.39, 0.29) is 5.92 Å². The number of hydrogen-bond acceptors (Lipinski definition) is 1. The highest BCUT2D eigenvalue weighted by molar-refractivity contribution is 5.29. The molecular formula is C24H37F3O. The summed E-state index contributed by atoms with van der Waals surface area (Å²) >= 11 is 0. The summed E-state index contributed by atoms with van der Waals surface area (Å²) in [7, 11) is 0. The minimum atomic E-state index is -4.01. The highest BCUT2D eigenvalue weighted by atomic mass is 19.4. The fourth-order valence-electron chi connectivity index (χ4n) is 4.24. The van der Waals surface area contributed by atoms with E-state index in [9.17, 15) is 13.2 Å². The minimum Gasteiger partial charge on any atom is -0.494 e. The number of halogens is 3. The summed E-state index contributed by atoms with van der Waals surface area (Å²) < 4.78 is 43.0. The Morgan fingerprint density at radius 3 is 2.07 bits per heavy atom. The molecule has 1 aliphatic carbocycles. The van der Waals surface area contributed by atoms with Crippen LogP contribution in [0.2, 0.25) is 0 Å². The van der Waals surface area contributed by atoms with Gasteiger partial charge in [0.15, 0.2) is 0 Å². The molecule has 0 amide bonds. The lowest BCUT2D eigenvalue weighted by Gasteiger charge is -2.29. The summed E-state index contributed by atoms with van der Waals surface area (Å²) in [5.41, 5.74) is 1.30. The molecule has 0 unspecified atom stereocenters. The van der Waals surface area contributed by atoms with Crippen LogP contribution in [-0.4, -0.2) is 12.8 Å². The van der Waals surface area contributed by atoms with E-state index in [4.69, 9.17) is 4.74 Å². The largest absolute Gasteiger partial charge is 0.494 e. The van der Waals surface area contributed by atoms with Crippen molar-refractivity contribution in [3.05, 3.63) is 29.8 Å². The molecule has 1 aliphatic rings. The zero-order chi connectivity index (χ0) is 20.2. The highest BCUT2D eigenvalue weighted by Crippen LogP contribution is 2.39. The van der Waals surface area contributed by atoms with E-state index in [2.05, 4.69) is 19.1 Å². The van der Waals surface area contributed by atoms with Crippen molar-refractivity contribution < 1.29 is 17.9 Å². The Balaban J connectivity index is 1.61. The summed E-state index contributed by atoms with van der Waals surface area (Å²) in [6, 6.07) is 8.38. The van der Waals surface area contributed by atoms with Crippen molar-refractivity contribution in [1.29, 1.82) is 0 Å². The maximum Gasteiger partial charge on any atom is 0.389 e. The second-order valence-electron chi connectivity index (χ2n) is 8.41. The van der Waals surface area contributed by atoms with Crippen LogP contribution in [0, 0.1) is 5.92 Å². The molecule has 28 heavy (non-hydrogen) atoms. The first-order chi connectivity index (χ1) is 13.5. The molecule has 160 valence electrons. The standard InChI is InChI=1S/C24H37F3O/c1-2-3-4-5-6-7-8-19-28-23-15-13-22(14-16-23)21-11-9-20(10-12-21)17-18-24(25,26)27/h13-16,20-21H,2-12,17-19H2,1H3. The van der Waals surface area contributed by atoms with Gasteiger partial charge in [0.25, 0.3) is 0 Å². The number of alkyl halides is 3. The van der Waals surface area contributed by atoms with E-state index in [0.29, 0.717) is 12.3 Å². The maximum absolute atomic E-state index is 12.4. The predicted octanol–water partition coefficient (Wildman–Crippen LogP) is 8.43. The zero-order valence-corrected chi connectivity index (χ0v) is 17.4. The molecular weight excluding hydrogens is 361 g/mol. The Kier molecular flexibility index (Phi) is 10.2. The maximum atomic E-state index is 12.4. The molecule has 1 saturated carbocycles. The number of unbranched alkanes of at least 4 members (excludes halogenated alkanes) is 6. The Morgan fingerprint density at radius 1 is 0.857 bits per heavy atom. The molecule has 1 nitrogen and oxygen atoms in total. The van der Waals surface area contributed by atoms with Gasteiger partial charge in [-0.05, 0) is 68.1 Å². The van der Waals surface area contributed by atoms with Crippen molar-refractivity contribution >= 4 is 0 Å². The summed E-state index contributed by atoms with van der Waals surface area (Å²) in [4.78, 5) is 0. The van der Waals surface area contributed by atoms with Gasteiger partial charge in [-0.15, -0.1) is 0 Å². The van der Waals surface area contributed by atoms with Gasteiger partial charge in [0.1, 0.15) is 5.75 Å². The van der Waals surface area contributed by atoms with E-state index in [0.717, 1.165) is 44.5 Å². The van der Waals surface area contributed by atoms with Crippen LogP contribution in [0.3, 0.4) is 0 Å². The average Bonchev–Trinajstić information content (AvgIpc) is 2.69. The monoisotopic (exact) mass is 398 g/mol. The van der Waals surface area contributed by atoms with Crippen LogP contribution in [0.25, 0.3) is 0 Å². The third kappa shape index (κ3) is 9.34. The lowest BCUT2D eigenvalue weighted by atomic mass is 9.77. The molecule has 4 heteroatoms. The summed E-state index contributed by atoms with van der Waals surface area (Å²) in [5.74, 6) is 1.65. The third-order valence-electron chi connectivity index (χ3n) is 6.05. The molecule has 0 heterocycles. The zero-order valence-electron chi connectivity index (χ0n) is 17.4. The van der Waals surface area contributed by atoms with Gasteiger partial charge in [-0.1, -0.05) is 57.6 Å². The molecule has 0 atom stereocenters. The van der Waals surface area contributed by atoms with Crippen LogP contribution in [0.4, 0.5) is 13.2 Å². The number of hydrogen-bond donors (Lipinski definition) is 0. The third-order valence-corrected chi connectivity index (χ3v) is 6.05. The van der Waals surface area contributed by atoms with E-state index in [1.807, 2.05) is 12.1 Å². The van der Waals surface area contributed by atoms with Crippen molar-refractivity contribution in [2.75, 3.05) is 6.61 Å². The SMILES string of the molecule is CCCCCCCCCOc1ccc(C2CCC(CCC(F)(F)F)CC2)cc1. The molecule has 0 N–H and O–H groups in total. The van der Waals surface area contributed by atoms with Crippen LogP contribution >= 0.6 is 0 Å². The van der Waals surface area contributed by atoms with Gasteiger partial charge in [-0.2, -0.15) is 13.2 Å². The second kappa shape index (κ2) is 12.4. The first-order valence-electron chi connectivity index (χ1n) is 11.3. The quantitative estimate of drug-likeness (QED) is 0.321. The van der Waals surface area contributed by atoms with Gasteiger partial charge in [0.2, 0.25) is 0 Å². The Labute approximate surface area is 169 Å². The van der Waals surface area contributed by atoms with Gasteiger partial charge < -0.3 is 4.74 Å². The molecule has 1 fully saturated rings. The summed E-state index contributed by atoms with van der Waals surface area (Å²) in [5, 5.41) is 0. The summed E-state index contributed by atoms with van der Waals surface area (Å²) in [6.07, 6.45) is 8.44. The van der Waals surface area contributed by atoms with Crippen molar-refractivity contribution in [3.8, 4) is 5.75 Å². The molecule has 0 spiro atoms. The van der Waals surface area contributed by atoms with Gasteiger partial charge in [-0.25, -0.2) is 0 Å². The molecule has 0 radical (unpaired) electrons. The molecule has 1 aromatic rings.